The summed E-state index contributed by atoms with van der Waals surface area (Å²) in [6, 6.07) is 16.5. The highest BCUT2D eigenvalue weighted by Crippen LogP contribution is 2.29. The van der Waals surface area contributed by atoms with E-state index in [4.69, 9.17) is 16.3 Å². The third kappa shape index (κ3) is 3.99. The van der Waals surface area contributed by atoms with E-state index >= 15 is 0 Å². The third-order valence-corrected chi connectivity index (χ3v) is 4.22. The van der Waals surface area contributed by atoms with Gasteiger partial charge < -0.3 is 10.1 Å². The minimum Gasteiger partial charge on any atom is -0.456 e. The van der Waals surface area contributed by atoms with Crippen LogP contribution in [-0.4, -0.2) is 12.6 Å². The second kappa shape index (κ2) is 6.97. The Balaban J connectivity index is 1.64. The Hall–Kier alpha value is -1.51. The van der Waals surface area contributed by atoms with Gasteiger partial charge in [0.15, 0.2) is 0 Å². The van der Waals surface area contributed by atoms with Crippen molar-refractivity contribution in [3.63, 3.8) is 0 Å². The van der Waals surface area contributed by atoms with Crippen molar-refractivity contribution in [2.24, 2.45) is 0 Å². The van der Waals surface area contributed by atoms with Gasteiger partial charge in [-0.2, -0.15) is 0 Å². The predicted octanol–water partition coefficient (Wildman–Crippen LogP) is 4.82. The number of ether oxygens (including phenoxy) is 1. The number of hydrogen-bond donors (Lipinski definition) is 1. The monoisotopic (exact) mass is 301 g/mol. The van der Waals surface area contributed by atoms with Crippen molar-refractivity contribution in [2.75, 3.05) is 6.54 Å². The topological polar surface area (TPSA) is 21.3 Å². The zero-order chi connectivity index (χ0) is 14.5. The molecule has 1 aliphatic heterocycles. The van der Waals surface area contributed by atoms with Crippen molar-refractivity contribution in [1.82, 2.24) is 5.32 Å². The Bertz CT molecular complexity index is 593. The molecule has 2 aromatic rings. The first-order chi connectivity index (χ1) is 10.3. The van der Waals surface area contributed by atoms with E-state index in [-0.39, 0.29) is 0 Å². The fraction of sp³-hybridized carbons (Fsp3) is 0.333. The fourth-order valence-corrected chi connectivity index (χ4v) is 2.94. The van der Waals surface area contributed by atoms with E-state index in [1.54, 1.807) is 0 Å². The van der Waals surface area contributed by atoms with Gasteiger partial charge in [-0.05, 0) is 62.1 Å². The molecule has 0 bridgehead atoms. The van der Waals surface area contributed by atoms with Crippen LogP contribution in [0.15, 0.2) is 48.5 Å². The van der Waals surface area contributed by atoms with Gasteiger partial charge in [0, 0.05) is 6.04 Å². The van der Waals surface area contributed by atoms with E-state index < -0.39 is 0 Å². The summed E-state index contributed by atoms with van der Waals surface area (Å²) in [5.74, 6) is 1.55. The smallest absolute Gasteiger partial charge is 0.146 e. The zero-order valence-corrected chi connectivity index (χ0v) is 12.8. The van der Waals surface area contributed by atoms with Crippen LogP contribution in [0.5, 0.6) is 11.5 Å². The maximum atomic E-state index is 6.13. The number of rotatable bonds is 5. The molecule has 0 spiro atoms. The van der Waals surface area contributed by atoms with Gasteiger partial charge in [-0.3, -0.25) is 0 Å². The van der Waals surface area contributed by atoms with Crippen molar-refractivity contribution >= 4 is 11.6 Å². The summed E-state index contributed by atoms with van der Waals surface area (Å²) in [6.07, 6.45) is 4.88. The lowest BCUT2D eigenvalue weighted by atomic mass is 10.0. The van der Waals surface area contributed by atoms with Crippen LogP contribution in [0.3, 0.4) is 0 Å². The van der Waals surface area contributed by atoms with Crippen LogP contribution in [-0.2, 0) is 6.42 Å². The number of halogens is 1. The summed E-state index contributed by atoms with van der Waals surface area (Å²) in [6.45, 7) is 1.17. The molecular weight excluding hydrogens is 282 g/mol. The molecule has 0 amide bonds. The average molecular weight is 302 g/mol. The van der Waals surface area contributed by atoms with E-state index in [9.17, 15) is 0 Å². The van der Waals surface area contributed by atoms with Gasteiger partial charge in [0.2, 0.25) is 0 Å². The molecule has 2 aromatic carbocycles. The van der Waals surface area contributed by atoms with Gasteiger partial charge in [0.25, 0.3) is 0 Å². The minimum atomic E-state index is 0.637. The largest absolute Gasteiger partial charge is 0.456 e. The van der Waals surface area contributed by atoms with Crippen LogP contribution >= 0.6 is 11.6 Å². The zero-order valence-electron chi connectivity index (χ0n) is 12.0. The first kappa shape index (κ1) is 14.4. The summed E-state index contributed by atoms with van der Waals surface area (Å²) in [4.78, 5) is 0. The van der Waals surface area contributed by atoms with E-state index in [1.165, 1.54) is 31.4 Å². The molecule has 0 aromatic heterocycles. The summed E-state index contributed by atoms with van der Waals surface area (Å²) in [5, 5.41) is 4.18. The van der Waals surface area contributed by atoms with Crippen molar-refractivity contribution in [3.8, 4) is 11.5 Å². The lowest BCUT2D eigenvalue weighted by molar-refractivity contribution is 0.481. The van der Waals surface area contributed by atoms with Gasteiger partial charge in [0.05, 0.1) is 5.02 Å². The first-order valence-corrected chi connectivity index (χ1v) is 7.94. The number of aryl methyl sites for hydroxylation is 1. The Morgan fingerprint density at radius 2 is 2.05 bits per heavy atom. The minimum absolute atomic E-state index is 0.637. The summed E-state index contributed by atoms with van der Waals surface area (Å²) >= 11 is 6.13. The standard InChI is InChI=1S/C18H20ClNO/c19-17-8-1-2-9-18(17)21-16-7-3-5-14(13-16)10-11-15-6-4-12-20-15/h1-3,5,7-9,13,15,20H,4,6,10-12H2. The van der Waals surface area contributed by atoms with E-state index in [0.29, 0.717) is 16.8 Å². The summed E-state index contributed by atoms with van der Waals surface area (Å²) in [7, 11) is 0. The lowest BCUT2D eigenvalue weighted by Crippen LogP contribution is -2.21. The highest BCUT2D eigenvalue weighted by atomic mass is 35.5. The highest BCUT2D eigenvalue weighted by Gasteiger charge is 2.13. The lowest BCUT2D eigenvalue weighted by Gasteiger charge is -2.11. The van der Waals surface area contributed by atoms with Crippen LogP contribution in [0.25, 0.3) is 0 Å². The van der Waals surface area contributed by atoms with E-state index in [1.807, 2.05) is 36.4 Å². The number of hydrogen-bond acceptors (Lipinski definition) is 2. The highest BCUT2D eigenvalue weighted by molar-refractivity contribution is 6.32. The molecule has 21 heavy (non-hydrogen) atoms. The molecule has 1 fully saturated rings. The predicted molar refractivity (Wildman–Crippen MR) is 87.3 cm³/mol. The van der Waals surface area contributed by atoms with Crippen LogP contribution in [0.2, 0.25) is 5.02 Å². The maximum Gasteiger partial charge on any atom is 0.146 e. The molecule has 0 radical (unpaired) electrons. The Morgan fingerprint density at radius 1 is 1.14 bits per heavy atom. The molecule has 1 atom stereocenters. The Labute approximate surface area is 131 Å². The van der Waals surface area contributed by atoms with Gasteiger partial charge in [-0.15, -0.1) is 0 Å². The van der Waals surface area contributed by atoms with Gasteiger partial charge in [-0.25, -0.2) is 0 Å². The Morgan fingerprint density at radius 3 is 2.86 bits per heavy atom. The molecule has 1 heterocycles. The summed E-state index contributed by atoms with van der Waals surface area (Å²) in [5.41, 5.74) is 1.31. The second-order valence-corrected chi connectivity index (χ2v) is 5.92. The van der Waals surface area contributed by atoms with Crippen LogP contribution in [0.1, 0.15) is 24.8 Å². The molecule has 1 N–H and O–H groups in total. The van der Waals surface area contributed by atoms with Crippen LogP contribution < -0.4 is 10.1 Å². The first-order valence-electron chi connectivity index (χ1n) is 7.56. The van der Waals surface area contributed by atoms with E-state index in [0.717, 1.165) is 12.2 Å². The molecule has 1 aliphatic rings. The molecule has 1 saturated heterocycles. The van der Waals surface area contributed by atoms with E-state index in [2.05, 4.69) is 17.4 Å². The summed E-state index contributed by atoms with van der Waals surface area (Å²) < 4.78 is 5.87. The molecule has 1 unspecified atom stereocenters. The molecule has 2 nitrogen and oxygen atoms in total. The van der Waals surface area contributed by atoms with Crippen molar-refractivity contribution in [2.45, 2.75) is 31.7 Å². The molecule has 0 aliphatic carbocycles. The third-order valence-electron chi connectivity index (χ3n) is 3.91. The molecule has 0 saturated carbocycles. The average Bonchev–Trinajstić information content (AvgIpc) is 3.01. The quantitative estimate of drug-likeness (QED) is 0.855. The molecular formula is C18H20ClNO. The molecule has 3 rings (SSSR count). The normalized spacial score (nSPS) is 17.9. The van der Waals surface area contributed by atoms with Gasteiger partial charge in [0.1, 0.15) is 11.5 Å². The van der Waals surface area contributed by atoms with Gasteiger partial charge >= 0.3 is 0 Å². The SMILES string of the molecule is Clc1ccccc1Oc1cccc(CCC2CCCN2)c1. The molecule has 110 valence electrons. The number of para-hydroxylation sites is 1. The Kier molecular flexibility index (Phi) is 4.79. The number of benzene rings is 2. The van der Waals surface area contributed by atoms with Crippen LogP contribution in [0, 0.1) is 0 Å². The molecule has 3 heteroatoms. The van der Waals surface area contributed by atoms with Crippen LogP contribution in [0.4, 0.5) is 0 Å². The second-order valence-electron chi connectivity index (χ2n) is 5.51. The van der Waals surface area contributed by atoms with Crippen molar-refractivity contribution in [3.05, 3.63) is 59.1 Å². The maximum absolute atomic E-state index is 6.13. The number of nitrogens with one attached hydrogen (secondary N) is 1. The van der Waals surface area contributed by atoms with Crippen molar-refractivity contribution < 1.29 is 4.74 Å². The van der Waals surface area contributed by atoms with Crippen molar-refractivity contribution in [1.29, 1.82) is 0 Å². The van der Waals surface area contributed by atoms with Gasteiger partial charge in [-0.1, -0.05) is 35.9 Å². The fourth-order valence-electron chi connectivity index (χ4n) is 2.76.